The Morgan fingerprint density at radius 2 is 1.60 bits per heavy atom. The molecule has 2 aliphatic rings. The summed E-state index contributed by atoms with van der Waals surface area (Å²) in [5.74, 6) is -3.24. The van der Waals surface area contributed by atoms with Gasteiger partial charge in [-0.15, -0.1) is 0 Å². The third kappa shape index (κ3) is 7.80. The maximum Gasteiger partial charge on any atom is 0.418 e. The summed E-state index contributed by atoms with van der Waals surface area (Å²) in [6.45, 7) is 0.904. The van der Waals surface area contributed by atoms with Gasteiger partial charge in [-0.25, -0.2) is 0 Å². The van der Waals surface area contributed by atoms with Gasteiger partial charge in [0.25, 0.3) is 0 Å². The summed E-state index contributed by atoms with van der Waals surface area (Å²) in [4.78, 5) is 25.1. The van der Waals surface area contributed by atoms with E-state index in [2.05, 4.69) is 0 Å². The molecule has 228 valence electrons. The number of benzene rings is 2. The van der Waals surface area contributed by atoms with Gasteiger partial charge in [0.05, 0.1) is 30.3 Å². The Kier molecular flexibility index (Phi) is 10.1. The maximum absolute atomic E-state index is 14.5. The summed E-state index contributed by atoms with van der Waals surface area (Å²) in [6, 6.07) is 9.81. The van der Waals surface area contributed by atoms with Crippen molar-refractivity contribution in [3.05, 3.63) is 65.2 Å². The molecule has 0 radical (unpaired) electrons. The molecular formula is C29H29F6NO5S. The molecule has 1 aliphatic carbocycles. The number of hydrogen-bond acceptors (Lipinski definition) is 5. The number of nitrogens with zero attached hydrogens (tertiary/aromatic N) is 1. The van der Waals surface area contributed by atoms with Crippen LogP contribution >= 0.6 is 11.8 Å². The van der Waals surface area contributed by atoms with Crippen molar-refractivity contribution < 1.29 is 50.5 Å². The van der Waals surface area contributed by atoms with Crippen molar-refractivity contribution >= 4 is 29.7 Å². The zero-order valence-corrected chi connectivity index (χ0v) is 23.1. The largest absolute Gasteiger partial charge is 0.481 e. The Labute approximate surface area is 242 Å². The van der Waals surface area contributed by atoms with Crippen LogP contribution in [0.3, 0.4) is 0 Å². The minimum atomic E-state index is -5.43. The molecule has 1 aliphatic heterocycles. The van der Waals surface area contributed by atoms with Crippen LogP contribution in [0.2, 0.25) is 0 Å². The van der Waals surface area contributed by atoms with E-state index in [0.29, 0.717) is 31.0 Å². The normalized spacial score (nSPS) is 20.9. The third-order valence-electron chi connectivity index (χ3n) is 7.22. The second-order valence-electron chi connectivity index (χ2n) is 9.98. The highest BCUT2D eigenvalue weighted by Gasteiger charge is 2.48. The van der Waals surface area contributed by atoms with E-state index >= 15 is 0 Å². The Hall–Kier alpha value is -3.19. The van der Waals surface area contributed by atoms with Gasteiger partial charge in [-0.1, -0.05) is 48.9 Å². The summed E-state index contributed by atoms with van der Waals surface area (Å²) in [5.41, 5.74) is -5.88. The Morgan fingerprint density at radius 3 is 2.21 bits per heavy atom. The third-order valence-corrected chi connectivity index (χ3v) is 8.49. The molecule has 2 aromatic carbocycles. The Morgan fingerprint density at radius 1 is 0.952 bits per heavy atom. The number of amides is 1. The lowest BCUT2D eigenvalue weighted by atomic mass is 9.79. The zero-order chi connectivity index (χ0) is 30.5. The average molecular weight is 618 g/mol. The number of hydrogen-bond donors (Lipinski definition) is 1. The summed E-state index contributed by atoms with van der Waals surface area (Å²) < 4.78 is 97.6. The van der Waals surface area contributed by atoms with E-state index in [-0.39, 0.29) is 38.5 Å². The van der Waals surface area contributed by atoms with Crippen molar-refractivity contribution in [1.29, 1.82) is 0 Å². The number of rotatable bonds is 8. The molecule has 3 unspecified atom stereocenters. The highest BCUT2D eigenvalue weighted by atomic mass is 32.2. The van der Waals surface area contributed by atoms with E-state index in [1.807, 2.05) is 0 Å². The monoisotopic (exact) mass is 617 g/mol. The predicted octanol–water partition coefficient (Wildman–Crippen LogP) is 6.98. The number of carbonyl (C=O) groups is 2. The van der Waals surface area contributed by atoms with Crippen LogP contribution in [0.4, 0.5) is 26.3 Å². The number of para-hydroxylation sites is 1. The molecular weight excluding hydrogens is 588 g/mol. The molecule has 0 aromatic heterocycles. The first-order valence-corrected chi connectivity index (χ1v) is 14.2. The molecule has 6 nitrogen and oxygen atoms in total. The first kappa shape index (κ1) is 31.7. The van der Waals surface area contributed by atoms with Crippen LogP contribution in [-0.4, -0.2) is 53.6 Å². The average Bonchev–Trinajstić information content (AvgIpc) is 2.95. The quantitative estimate of drug-likeness (QED) is 0.149. The number of ether oxygens (including phenoxy) is 2. The van der Waals surface area contributed by atoms with Gasteiger partial charge in [-0.05, 0) is 42.7 Å². The Bertz CT molecular complexity index is 1280. The molecule has 0 spiro atoms. The lowest BCUT2D eigenvalue weighted by Gasteiger charge is -2.35. The number of morpholine rings is 1. The minimum Gasteiger partial charge on any atom is -0.481 e. The molecule has 42 heavy (non-hydrogen) atoms. The van der Waals surface area contributed by atoms with E-state index in [0.717, 1.165) is 24.3 Å². The highest BCUT2D eigenvalue weighted by molar-refractivity contribution is 7.99. The standard InChI is InChI=1S/C29H29F6NO5S/c30-28(31,32)24-18(11-13-23(37)36-14-16-40-17-15-36)10-12-22(25(24)29(33,34)35)42-27(41-19-6-2-1-3-7-19)21-9-5-4-8-20(21)26(38)39/h1-3,6-7,10-13,20-21,27H,4-5,8-9,14-17H2,(H,38,39)/b13-11-. The van der Waals surface area contributed by atoms with Gasteiger partial charge >= 0.3 is 18.3 Å². The maximum atomic E-state index is 14.5. The van der Waals surface area contributed by atoms with Crippen LogP contribution < -0.4 is 4.74 Å². The van der Waals surface area contributed by atoms with E-state index in [4.69, 9.17) is 9.47 Å². The molecule has 1 heterocycles. The van der Waals surface area contributed by atoms with Gasteiger partial charge < -0.3 is 19.5 Å². The number of carbonyl (C=O) groups excluding carboxylic acids is 1. The SMILES string of the molecule is O=C(O)C1CCCCC1C(Oc1ccccc1)Sc1ccc(/C=C\C(=O)N2CCOCC2)c(C(F)(F)F)c1C(F)(F)F. The van der Waals surface area contributed by atoms with Gasteiger partial charge in [0, 0.05) is 30.0 Å². The molecule has 2 aromatic rings. The second-order valence-corrected chi connectivity index (χ2v) is 11.1. The van der Waals surface area contributed by atoms with Crippen molar-refractivity contribution in [3.63, 3.8) is 0 Å². The van der Waals surface area contributed by atoms with Crippen LogP contribution in [0, 0.1) is 11.8 Å². The predicted molar refractivity (Wildman–Crippen MR) is 143 cm³/mol. The molecule has 1 amide bonds. The molecule has 2 fully saturated rings. The topological polar surface area (TPSA) is 76.1 Å². The van der Waals surface area contributed by atoms with Gasteiger partial charge in [0.15, 0.2) is 5.44 Å². The molecule has 3 atom stereocenters. The van der Waals surface area contributed by atoms with Crippen LogP contribution in [0.1, 0.15) is 42.4 Å². The fourth-order valence-corrected chi connectivity index (χ4v) is 6.62. The summed E-state index contributed by atoms with van der Waals surface area (Å²) in [6.07, 6.45) is -7.49. The molecule has 1 saturated carbocycles. The smallest absolute Gasteiger partial charge is 0.418 e. The fraction of sp³-hybridized carbons (Fsp3) is 0.448. The summed E-state index contributed by atoms with van der Waals surface area (Å²) in [5, 5.41) is 9.82. The number of aliphatic carboxylic acids is 1. The second kappa shape index (κ2) is 13.4. The molecule has 1 saturated heterocycles. The van der Waals surface area contributed by atoms with Gasteiger partial charge in [0.2, 0.25) is 5.91 Å². The lowest BCUT2D eigenvalue weighted by Crippen LogP contribution is -2.39. The minimum absolute atomic E-state index is 0.208. The van der Waals surface area contributed by atoms with Crippen LogP contribution in [0.5, 0.6) is 5.75 Å². The van der Waals surface area contributed by atoms with E-state index in [1.54, 1.807) is 18.2 Å². The van der Waals surface area contributed by atoms with Crippen molar-refractivity contribution in [3.8, 4) is 5.75 Å². The van der Waals surface area contributed by atoms with Crippen molar-refractivity contribution in [2.24, 2.45) is 11.8 Å². The molecule has 13 heteroatoms. The zero-order valence-electron chi connectivity index (χ0n) is 22.3. The van der Waals surface area contributed by atoms with Crippen LogP contribution in [0.25, 0.3) is 6.08 Å². The van der Waals surface area contributed by atoms with Crippen LogP contribution in [0.15, 0.2) is 53.4 Å². The molecule has 1 N–H and O–H groups in total. The first-order valence-electron chi connectivity index (χ1n) is 13.3. The number of halogens is 6. The number of carboxylic acids is 1. The van der Waals surface area contributed by atoms with E-state index < -0.39 is 63.1 Å². The number of alkyl halides is 6. The lowest BCUT2D eigenvalue weighted by molar-refractivity contribution is -0.163. The molecule has 0 bridgehead atoms. The summed E-state index contributed by atoms with van der Waals surface area (Å²) in [7, 11) is 0. The van der Waals surface area contributed by atoms with Crippen molar-refractivity contribution in [2.45, 2.75) is 48.4 Å². The first-order chi connectivity index (χ1) is 19.9. The molecule has 4 rings (SSSR count). The van der Waals surface area contributed by atoms with E-state index in [1.165, 1.54) is 17.0 Å². The number of carboxylic acid groups (broad SMARTS) is 1. The van der Waals surface area contributed by atoms with Gasteiger partial charge in [-0.2, -0.15) is 26.3 Å². The number of thioether (sulfide) groups is 1. The van der Waals surface area contributed by atoms with Gasteiger partial charge in [-0.3, -0.25) is 9.59 Å². The van der Waals surface area contributed by atoms with Crippen LogP contribution in [-0.2, 0) is 26.7 Å². The van der Waals surface area contributed by atoms with E-state index in [9.17, 15) is 41.0 Å². The summed E-state index contributed by atoms with van der Waals surface area (Å²) >= 11 is 0.432. The van der Waals surface area contributed by atoms with Crippen molar-refractivity contribution in [2.75, 3.05) is 26.3 Å². The highest BCUT2D eigenvalue weighted by Crippen LogP contribution is 2.49. The van der Waals surface area contributed by atoms with Crippen molar-refractivity contribution in [1.82, 2.24) is 4.90 Å². The Balaban J connectivity index is 1.77. The fourth-order valence-electron chi connectivity index (χ4n) is 5.22. The van der Waals surface area contributed by atoms with Gasteiger partial charge in [0.1, 0.15) is 5.75 Å².